The lowest BCUT2D eigenvalue weighted by atomic mass is 9.98. The topological polar surface area (TPSA) is 135 Å². The molecule has 2 rings (SSSR count). The van der Waals surface area contributed by atoms with E-state index in [1.165, 1.54) is 10.5 Å². The Balaban J connectivity index is 2.15. The van der Waals surface area contributed by atoms with Crippen molar-refractivity contribution in [2.75, 3.05) is 18.8 Å². The molecule has 2 heterocycles. The number of rotatable bonds is 3. The second-order valence-electron chi connectivity index (χ2n) is 4.23. The summed E-state index contributed by atoms with van der Waals surface area (Å²) in [5, 5.41) is 5.98. The lowest BCUT2D eigenvalue weighted by molar-refractivity contribution is -0.122. The summed E-state index contributed by atoms with van der Waals surface area (Å²) < 4.78 is 25.7. The van der Waals surface area contributed by atoms with E-state index in [4.69, 9.17) is 11.5 Å². The molecule has 18 heavy (non-hydrogen) atoms. The first kappa shape index (κ1) is 12.8. The molecule has 8 nitrogen and oxygen atoms in total. The molecule has 1 fully saturated rings. The third-order valence-corrected chi connectivity index (χ3v) is 5.03. The number of H-pyrrole nitrogens is 1. The van der Waals surface area contributed by atoms with Gasteiger partial charge in [-0.1, -0.05) is 0 Å². The standard InChI is InChI=1S/C9H15N5O3S/c10-8-7(5-12-13-8)18(16,17)14-3-1-6(2-4-14)9(11)15/h5-6H,1-4H2,(H2,11,15)(H3,10,12,13). The van der Waals surface area contributed by atoms with E-state index in [1.807, 2.05) is 0 Å². The van der Waals surface area contributed by atoms with E-state index in [9.17, 15) is 13.2 Å². The molecular formula is C9H15N5O3S. The van der Waals surface area contributed by atoms with Crippen molar-refractivity contribution >= 4 is 21.7 Å². The van der Waals surface area contributed by atoms with Crippen molar-refractivity contribution < 1.29 is 13.2 Å². The van der Waals surface area contributed by atoms with Crippen molar-refractivity contribution in [2.45, 2.75) is 17.7 Å². The number of piperidine rings is 1. The maximum atomic E-state index is 12.2. The highest BCUT2D eigenvalue weighted by Gasteiger charge is 2.32. The zero-order chi connectivity index (χ0) is 13.3. The number of nitrogens with two attached hydrogens (primary N) is 2. The Kier molecular flexibility index (Phi) is 3.26. The Labute approximate surface area is 104 Å². The van der Waals surface area contributed by atoms with Crippen LogP contribution in [0.5, 0.6) is 0 Å². The first-order chi connectivity index (χ1) is 8.43. The maximum absolute atomic E-state index is 12.2. The number of sulfonamides is 1. The van der Waals surface area contributed by atoms with E-state index in [2.05, 4.69) is 10.2 Å². The van der Waals surface area contributed by atoms with Crippen molar-refractivity contribution in [3.8, 4) is 0 Å². The average molecular weight is 273 g/mol. The largest absolute Gasteiger partial charge is 0.383 e. The third-order valence-electron chi connectivity index (χ3n) is 3.11. The number of aromatic nitrogens is 2. The summed E-state index contributed by atoms with van der Waals surface area (Å²) in [6.07, 6.45) is 2.06. The molecule has 0 aliphatic carbocycles. The van der Waals surface area contributed by atoms with Crippen LogP contribution < -0.4 is 11.5 Å². The number of nitrogens with zero attached hydrogens (tertiary/aromatic N) is 2. The molecule has 1 aliphatic heterocycles. The minimum atomic E-state index is -3.64. The number of aromatic amines is 1. The van der Waals surface area contributed by atoms with Crippen molar-refractivity contribution in [2.24, 2.45) is 11.7 Å². The predicted octanol–water partition coefficient (Wildman–Crippen LogP) is -1.12. The molecule has 1 aromatic rings. The highest BCUT2D eigenvalue weighted by atomic mass is 32.2. The third kappa shape index (κ3) is 2.18. The number of carbonyl (C=O) groups excluding carboxylic acids is 1. The molecule has 0 unspecified atom stereocenters. The van der Waals surface area contributed by atoms with Gasteiger partial charge in [-0.25, -0.2) is 8.42 Å². The second-order valence-corrected chi connectivity index (χ2v) is 6.14. The molecule has 9 heteroatoms. The number of hydrogen-bond acceptors (Lipinski definition) is 5. The number of primary amides is 1. The van der Waals surface area contributed by atoms with Crippen molar-refractivity contribution in [1.29, 1.82) is 0 Å². The molecule has 1 amide bonds. The monoisotopic (exact) mass is 273 g/mol. The van der Waals surface area contributed by atoms with E-state index < -0.39 is 10.0 Å². The van der Waals surface area contributed by atoms with Gasteiger partial charge in [0.1, 0.15) is 10.7 Å². The quantitative estimate of drug-likeness (QED) is 0.641. The number of anilines is 1. The van der Waals surface area contributed by atoms with Crippen LogP contribution in [-0.2, 0) is 14.8 Å². The number of carbonyl (C=O) groups is 1. The Hall–Kier alpha value is -1.61. The Bertz CT molecular complexity index is 544. The SMILES string of the molecule is NC(=O)C1CCN(S(=O)(=O)c2cn[nH]c2N)CC1. The summed E-state index contributed by atoms with van der Waals surface area (Å²) in [6, 6.07) is 0. The highest BCUT2D eigenvalue weighted by Crippen LogP contribution is 2.25. The summed E-state index contributed by atoms with van der Waals surface area (Å²) >= 11 is 0. The lowest BCUT2D eigenvalue weighted by Crippen LogP contribution is -2.41. The van der Waals surface area contributed by atoms with Crippen LogP contribution >= 0.6 is 0 Å². The van der Waals surface area contributed by atoms with Crippen LogP contribution in [0.2, 0.25) is 0 Å². The van der Waals surface area contributed by atoms with Crippen molar-refractivity contribution in [3.63, 3.8) is 0 Å². The zero-order valence-corrected chi connectivity index (χ0v) is 10.5. The highest BCUT2D eigenvalue weighted by molar-refractivity contribution is 7.89. The van der Waals surface area contributed by atoms with Gasteiger partial charge >= 0.3 is 0 Å². The zero-order valence-electron chi connectivity index (χ0n) is 9.67. The summed E-state index contributed by atoms with van der Waals surface area (Å²) in [7, 11) is -3.64. The molecule has 1 aromatic heterocycles. The predicted molar refractivity (Wildman–Crippen MR) is 63.7 cm³/mol. The van der Waals surface area contributed by atoms with Crippen molar-refractivity contribution in [3.05, 3.63) is 6.20 Å². The molecule has 0 spiro atoms. The van der Waals surface area contributed by atoms with E-state index in [-0.39, 0.29) is 35.6 Å². The van der Waals surface area contributed by atoms with E-state index in [1.54, 1.807) is 0 Å². The maximum Gasteiger partial charge on any atom is 0.248 e. The molecular weight excluding hydrogens is 258 g/mol. The van der Waals surface area contributed by atoms with Gasteiger partial charge in [0.2, 0.25) is 15.9 Å². The van der Waals surface area contributed by atoms with Crippen LogP contribution in [0.15, 0.2) is 11.1 Å². The molecule has 1 aliphatic rings. The lowest BCUT2D eigenvalue weighted by Gasteiger charge is -2.29. The minimum absolute atomic E-state index is 0.0204. The molecule has 0 bridgehead atoms. The summed E-state index contributed by atoms with van der Waals surface area (Å²) in [6.45, 7) is 0.529. The van der Waals surface area contributed by atoms with Crippen LogP contribution in [-0.4, -0.2) is 41.9 Å². The smallest absolute Gasteiger partial charge is 0.248 e. The number of nitrogens with one attached hydrogen (secondary N) is 1. The average Bonchev–Trinajstić information content (AvgIpc) is 2.76. The summed E-state index contributed by atoms with van der Waals surface area (Å²) in [4.78, 5) is 11.0. The number of nitrogen functional groups attached to an aromatic ring is 1. The number of hydrogen-bond donors (Lipinski definition) is 3. The van der Waals surface area contributed by atoms with Gasteiger partial charge in [0.15, 0.2) is 0 Å². The molecule has 0 saturated carbocycles. The fourth-order valence-electron chi connectivity index (χ4n) is 2.01. The van der Waals surface area contributed by atoms with Crippen LogP contribution in [0.3, 0.4) is 0 Å². The van der Waals surface area contributed by atoms with Gasteiger partial charge in [0.05, 0.1) is 6.20 Å². The minimum Gasteiger partial charge on any atom is -0.383 e. The molecule has 1 saturated heterocycles. The van der Waals surface area contributed by atoms with E-state index >= 15 is 0 Å². The molecule has 0 radical (unpaired) electrons. The van der Waals surface area contributed by atoms with Gasteiger partial charge in [0, 0.05) is 19.0 Å². The van der Waals surface area contributed by atoms with Gasteiger partial charge in [0.25, 0.3) is 0 Å². The first-order valence-electron chi connectivity index (χ1n) is 5.51. The normalized spacial score (nSPS) is 18.9. The van der Waals surface area contributed by atoms with E-state index in [0.717, 1.165) is 0 Å². The van der Waals surface area contributed by atoms with Gasteiger partial charge in [-0.15, -0.1) is 0 Å². The van der Waals surface area contributed by atoms with Gasteiger partial charge in [-0.05, 0) is 12.8 Å². The number of amides is 1. The van der Waals surface area contributed by atoms with E-state index in [0.29, 0.717) is 12.8 Å². The first-order valence-corrected chi connectivity index (χ1v) is 6.95. The molecule has 100 valence electrons. The molecule has 0 aromatic carbocycles. The Morgan fingerprint density at radius 1 is 1.44 bits per heavy atom. The van der Waals surface area contributed by atoms with Crippen molar-refractivity contribution in [1.82, 2.24) is 14.5 Å². The van der Waals surface area contributed by atoms with Crippen LogP contribution in [0.4, 0.5) is 5.82 Å². The van der Waals surface area contributed by atoms with Gasteiger partial charge in [-0.3, -0.25) is 9.89 Å². The second kappa shape index (κ2) is 4.58. The molecule has 0 atom stereocenters. The summed E-state index contributed by atoms with van der Waals surface area (Å²) in [5.41, 5.74) is 10.7. The van der Waals surface area contributed by atoms with Gasteiger partial charge in [-0.2, -0.15) is 9.40 Å². The fourth-order valence-corrected chi connectivity index (χ4v) is 3.49. The van der Waals surface area contributed by atoms with Gasteiger partial charge < -0.3 is 11.5 Å². The van der Waals surface area contributed by atoms with Crippen LogP contribution in [0, 0.1) is 5.92 Å². The molecule has 5 N–H and O–H groups in total. The Morgan fingerprint density at radius 3 is 2.50 bits per heavy atom. The van der Waals surface area contributed by atoms with Crippen LogP contribution in [0.1, 0.15) is 12.8 Å². The van der Waals surface area contributed by atoms with Crippen LogP contribution in [0.25, 0.3) is 0 Å². The fraction of sp³-hybridized carbons (Fsp3) is 0.556. The summed E-state index contributed by atoms with van der Waals surface area (Å²) in [5.74, 6) is -0.611. The Morgan fingerprint density at radius 2 is 2.06 bits per heavy atom.